The number of fused-ring (bicyclic) bond motifs is 1. The van der Waals surface area contributed by atoms with Gasteiger partial charge in [0.15, 0.2) is 11.0 Å². The number of aryl methyl sites for hydroxylation is 2. The molecule has 3 heterocycles. The van der Waals surface area contributed by atoms with E-state index in [2.05, 4.69) is 35.6 Å². The maximum atomic E-state index is 11.9. The van der Waals surface area contributed by atoms with E-state index in [1.165, 1.54) is 23.1 Å². The summed E-state index contributed by atoms with van der Waals surface area (Å²) in [6.45, 7) is 1.83. The number of aromatic amines is 1. The van der Waals surface area contributed by atoms with Gasteiger partial charge in [-0.05, 0) is 19.1 Å². The summed E-state index contributed by atoms with van der Waals surface area (Å²) < 4.78 is 5.21. The molecule has 9 nitrogen and oxygen atoms in total. The fourth-order valence-electron chi connectivity index (χ4n) is 2.33. The van der Waals surface area contributed by atoms with Crippen LogP contribution in [0.3, 0.4) is 0 Å². The summed E-state index contributed by atoms with van der Waals surface area (Å²) >= 11 is 2.83. The Bertz CT molecular complexity index is 1040. The average molecular weight is 401 g/mol. The van der Waals surface area contributed by atoms with Gasteiger partial charge in [-0.3, -0.25) is 4.79 Å². The van der Waals surface area contributed by atoms with E-state index >= 15 is 0 Å². The van der Waals surface area contributed by atoms with Crippen molar-refractivity contribution in [2.75, 3.05) is 5.32 Å². The van der Waals surface area contributed by atoms with Crippen LogP contribution in [0.25, 0.3) is 11.0 Å². The SMILES string of the molecule is Cc1nnc(NC(=O)CCc2nc(CSc3nc4ccccc4[nH]3)no2)s1. The van der Waals surface area contributed by atoms with Crippen LogP contribution in [0.4, 0.5) is 5.13 Å². The summed E-state index contributed by atoms with van der Waals surface area (Å²) in [6.07, 6.45) is 0.600. The highest BCUT2D eigenvalue weighted by Gasteiger charge is 2.12. The number of benzene rings is 1. The number of thioether (sulfide) groups is 1. The summed E-state index contributed by atoms with van der Waals surface area (Å²) in [5, 5.41) is 16.5. The number of hydrogen-bond donors (Lipinski definition) is 2. The fraction of sp³-hybridized carbons (Fsp3) is 0.250. The minimum atomic E-state index is -0.164. The quantitative estimate of drug-likeness (QED) is 0.453. The lowest BCUT2D eigenvalue weighted by Gasteiger charge is -1.97. The number of H-pyrrole nitrogens is 1. The molecular formula is C16H15N7O2S2. The molecule has 0 saturated carbocycles. The summed E-state index contributed by atoms with van der Waals surface area (Å²) in [5.74, 6) is 1.36. The number of para-hydroxylation sites is 2. The van der Waals surface area contributed by atoms with Crippen molar-refractivity contribution in [3.63, 3.8) is 0 Å². The summed E-state index contributed by atoms with van der Waals surface area (Å²) in [6, 6.07) is 7.84. The zero-order chi connectivity index (χ0) is 18.6. The number of anilines is 1. The first kappa shape index (κ1) is 17.6. The van der Waals surface area contributed by atoms with E-state index < -0.39 is 0 Å². The smallest absolute Gasteiger partial charge is 0.227 e. The monoisotopic (exact) mass is 401 g/mol. The molecule has 0 radical (unpaired) electrons. The second-order valence-corrected chi connectivity index (χ2v) is 7.77. The molecule has 0 atom stereocenters. The van der Waals surface area contributed by atoms with E-state index in [9.17, 15) is 4.79 Å². The molecule has 4 rings (SSSR count). The topological polar surface area (TPSA) is 122 Å². The van der Waals surface area contributed by atoms with E-state index in [-0.39, 0.29) is 12.3 Å². The van der Waals surface area contributed by atoms with E-state index in [4.69, 9.17) is 4.52 Å². The van der Waals surface area contributed by atoms with Crippen LogP contribution in [0.1, 0.15) is 23.1 Å². The first-order chi connectivity index (χ1) is 13.2. The lowest BCUT2D eigenvalue weighted by Crippen LogP contribution is -2.12. The van der Waals surface area contributed by atoms with Gasteiger partial charge >= 0.3 is 0 Å². The normalized spacial score (nSPS) is 11.1. The van der Waals surface area contributed by atoms with Crippen LogP contribution in [0.5, 0.6) is 0 Å². The van der Waals surface area contributed by atoms with Crippen LogP contribution in [0, 0.1) is 6.92 Å². The highest BCUT2D eigenvalue weighted by molar-refractivity contribution is 7.98. The summed E-state index contributed by atoms with van der Waals surface area (Å²) in [5.41, 5.74) is 1.91. The third-order valence-corrected chi connectivity index (χ3v) is 5.18. The van der Waals surface area contributed by atoms with Gasteiger partial charge in [0.1, 0.15) is 5.01 Å². The number of carbonyl (C=O) groups is 1. The summed E-state index contributed by atoms with van der Waals surface area (Å²) in [4.78, 5) is 24.0. The van der Waals surface area contributed by atoms with Gasteiger partial charge < -0.3 is 14.8 Å². The molecule has 3 aromatic heterocycles. The molecule has 0 aliphatic carbocycles. The number of aromatic nitrogens is 6. The Morgan fingerprint density at radius 3 is 3.00 bits per heavy atom. The first-order valence-corrected chi connectivity index (χ1v) is 9.95. The van der Waals surface area contributed by atoms with Crippen molar-refractivity contribution in [3.8, 4) is 0 Å². The predicted octanol–water partition coefficient (Wildman–Crippen LogP) is 2.97. The Balaban J connectivity index is 1.27. The second-order valence-electron chi connectivity index (χ2n) is 5.63. The lowest BCUT2D eigenvalue weighted by atomic mass is 10.3. The number of hydrogen-bond acceptors (Lipinski definition) is 9. The molecule has 138 valence electrons. The summed E-state index contributed by atoms with van der Waals surface area (Å²) in [7, 11) is 0. The van der Waals surface area contributed by atoms with Crippen molar-refractivity contribution in [2.45, 2.75) is 30.7 Å². The standard InChI is InChI=1S/C16H15N7O2S2/c1-9-21-22-16(27-9)20-13(24)6-7-14-19-12(23-25-14)8-26-15-17-10-4-2-3-5-11(10)18-15/h2-5H,6-8H2,1H3,(H,17,18)(H,20,22,24). The van der Waals surface area contributed by atoms with Gasteiger partial charge in [-0.1, -0.05) is 40.4 Å². The van der Waals surface area contributed by atoms with Crippen LogP contribution >= 0.6 is 23.1 Å². The minimum absolute atomic E-state index is 0.164. The molecule has 0 bridgehead atoms. The zero-order valence-corrected chi connectivity index (χ0v) is 15.9. The number of rotatable bonds is 7. The van der Waals surface area contributed by atoms with Crippen molar-refractivity contribution >= 4 is 45.2 Å². The molecule has 0 aliphatic heterocycles. The molecule has 27 heavy (non-hydrogen) atoms. The molecule has 0 saturated heterocycles. The van der Waals surface area contributed by atoms with Gasteiger partial charge in [0, 0.05) is 12.8 Å². The molecule has 1 amide bonds. The van der Waals surface area contributed by atoms with Crippen LogP contribution in [0.2, 0.25) is 0 Å². The Morgan fingerprint density at radius 1 is 1.30 bits per heavy atom. The molecule has 0 spiro atoms. The van der Waals surface area contributed by atoms with Crippen molar-refractivity contribution < 1.29 is 9.32 Å². The van der Waals surface area contributed by atoms with E-state index in [0.29, 0.717) is 29.0 Å². The highest BCUT2D eigenvalue weighted by atomic mass is 32.2. The third kappa shape index (κ3) is 4.49. The van der Waals surface area contributed by atoms with Gasteiger partial charge in [-0.2, -0.15) is 4.98 Å². The zero-order valence-electron chi connectivity index (χ0n) is 14.3. The molecule has 11 heteroatoms. The Labute approximate surface area is 162 Å². The van der Waals surface area contributed by atoms with Crippen LogP contribution < -0.4 is 5.32 Å². The van der Waals surface area contributed by atoms with Crippen molar-refractivity contribution in [2.24, 2.45) is 0 Å². The predicted molar refractivity (Wildman–Crippen MR) is 102 cm³/mol. The molecular weight excluding hydrogens is 386 g/mol. The Hall–Kier alpha value is -2.79. The van der Waals surface area contributed by atoms with Crippen LogP contribution in [-0.2, 0) is 17.0 Å². The first-order valence-electron chi connectivity index (χ1n) is 8.15. The Morgan fingerprint density at radius 2 is 2.19 bits per heavy atom. The van der Waals surface area contributed by atoms with Crippen LogP contribution in [-0.4, -0.2) is 36.2 Å². The van der Waals surface area contributed by atoms with Crippen LogP contribution in [0.15, 0.2) is 33.9 Å². The van der Waals surface area contributed by atoms with E-state index in [1.807, 2.05) is 31.2 Å². The van der Waals surface area contributed by atoms with Gasteiger partial charge in [0.25, 0.3) is 0 Å². The van der Waals surface area contributed by atoms with Crippen molar-refractivity contribution in [1.29, 1.82) is 0 Å². The average Bonchev–Trinajstić information content (AvgIpc) is 3.37. The lowest BCUT2D eigenvalue weighted by molar-refractivity contribution is -0.116. The molecule has 4 aromatic rings. The molecule has 0 aliphatic rings. The van der Waals surface area contributed by atoms with Crippen molar-refractivity contribution in [1.82, 2.24) is 30.3 Å². The minimum Gasteiger partial charge on any atom is -0.339 e. The molecule has 0 fully saturated rings. The maximum Gasteiger partial charge on any atom is 0.227 e. The number of nitrogens with one attached hydrogen (secondary N) is 2. The van der Waals surface area contributed by atoms with Crippen molar-refractivity contribution in [3.05, 3.63) is 41.0 Å². The third-order valence-electron chi connectivity index (χ3n) is 3.55. The van der Waals surface area contributed by atoms with Gasteiger partial charge in [0.2, 0.25) is 16.9 Å². The number of nitrogens with zero attached hydrogens (tertiary/aromatic N) is 5. The van der Waals surface area contributed by atoms with E-state index in [1.54, 1.807) is 0 Å². The van der Waals surface area contributed by atoms with E-state index in [0.717, 1.165) is 21.2 Å². The fourth-order valence-corrected chi connectivity index (χ4v) is 3.67. The molecule has 2 N–H and O–H groups in total. The number of carbonyl (C=O) groups excluding carboxylic acids is 1. The van der Waals surface area contributed by atoms with Gasteiger partial charge in [-0.15, -0.1) is 10.2 Å². The Kier molecular flexibility index (Phi) is 5.12. The second kappa shape index (κ2) is 7.84. The molecule has 1 aromatic carbocycles. The number of amides is 1. The number of imidazole rings is 1. The van der Waals surface area contributed by atoms with Gasteiger partial charge in [0.05, 0.1) is 16.8 Å². The van der Waals surface area contributed by atoms with Gasteiger partial charge in [-0.25, -0.2) is 4.98 Å². The maximum absolute atomic E-state index is 11.9. The molecule has 0 unspecified atom stereocenters. The highest BCUT2D eigenvalue weighted by Crippen LogP contribution is 2.22. The largest absolute Gasteiger partial charge is 0.339 e.